The lowest BCUT2D eigenvalue weighted by Gasteiger charge is -2.05. The van der Waals surface area contributed by atoms with Gasteiger partial charge < -0.3 is 15.8 Å². The molecule has 0 saturated carbocycles. The van der Waals surface area contributed by atoms with Crippen LogP contribution in [0.15, 0.2) is 42.5 Å². The van der Waals surface area contributed by atoms with Crippen LogP contribution in [0, 0.1) is 5.82 Å². The van der Waals surface area contributed by atoms with E-state index in [1.54, 1.807) is 18.2 Å². The van der Waals surface area contributed by atoms with Crippen LogP contribution in [0.3, 0.4) is 0 Å². The molecule has 2 aromatic carbocycles. The Morgan fingerprint density at radius 1 is 1.25 bits per heavy atom. The van der Waals surface area contributed by atoms with Crippen molar-refractivity contribution in [3.8, 4) is 10.9 Å². The van der Waals surface area contributed by atoms with E-state index in [9.17, 15) is 9.18 Å². The average molecular weight is 345 g/mol. The Balaban J connectivity index is 1.65. The highest BCUT2D eigenvalue weighted by Gasteiger charge is 2.08. The molecule has 1 amide bonds. The number of aromatic nitrogens is 1. The van der Waals surface area contributed by atoms with E-state index in [-0.39, 0.29) is 11.7 Å². The van der Waals surface area contributed by atoms with Crippen molar-refractivity contribution in [1.82, 2.24) is 10.3 Å². The average Bonchev–Trinajstić information content (AvgIpc) is 2.96. The molecule has 0 spiro atoms. The normalized spacial score (nSPS) is 10.8. The third-order valence-electron chi connectivity index (χ3n) is 3.29. The number of ether oxygens (including phenoxy) is 1. The number of benzene rings is 2. The highest BCUT2D eigenvalue weighted by molar-refractivity contribution is 7.20. The summed E-state index contributed by atoms with van der Waals surface area (Å²) in [6.07, 6.45) is 0.292. The number of fused-ring (bicyclic) bond motifs is 1. The largest absolute Gasteiger partial charge is 0.431 e. The van der Waals surface area contributed by atoms with Gasteiger partial charge in [0.2, 0.25) is 5.91 Å². The summed E-state index contributed by atoms with van der Waals surface area (Å²) in [5.74, 6) is 0.248. The number of amides is 1. The molecular formula is C17H16FN3O2S. The number of nitrogens with one attached hydrogen (secondary N) is 1. The first-order valence-corrected chi connectivity index (χ1v) is 8.25. The molecule has 124 valence electrons. The highest BCUT2D eigenvalue weighted by atomic mass is 32.1. The second kappa shape index (κ2) is 7.37. The Kier molecular flexibility index (Phi) is 5.02. The van der Waals surface area contributed by atoms with Crippen molar-refractivity contribution in [2.24, 2.45) is 5.73 Å². The molecule has 0 aliphatic carbocycles. The van der Waals surface area contributed by atoms with Gasteiger partial charge in [0.1, 0.15) is 11.6 Å². The van der Waals surface area contributed by atoms with Crippen LogP contribution in [-0.2, 0) is 11.2 Å². The van der Waals surface area contributed by atoms with Crippen molar-refractivity contribution in [1.29, 1.82) is 0 Å². The first-order valence-electron chi connectivity index (χ1n) is 7.44. The molecule has 5 nitrogen and oxygen atoms in total. The first-order chi connectivity index (χ1) is 11.6. The molecule has 0 aliphatic heterocycles. The Morgan fingerprint density at radius 3 is 2.79 bits per heavy atom. The summed E-state index contributed by atoms with van der Waals surface area (Å²) in [5, 5.41) is 3.17. The van der Waals surface area contributed by atoms with Crippen molar-refractivity contribution < 1.29 is 13.9 Å². The summed E-state index contributed by atoms with van der Waals surface area (Å²) in [7, 11) is 0. The predicted molar refractivity (Wildman–Crippen MR) is 91.9 cm³/mol. The second-order valence-corrected chi connectivity index (χ2v) is 6.15. The molecule has 1 aromatic heterocycles. The number of hydrogen-bond acceptors (Lipinski definition) is 5. The van der Waals surface area contributed by atoms with Gasteiger partial charge in [0, 0.05) is 13.1 Å². The van der Waals surface area contributed by atoms with Gasteiger partial charge in [0.15, 0.2) is 0 Å². The summed E-state index contributed by atoms with van der Waals surface area (Å²) >= 11 is 1.28. The van der Waals surface area contributed by atoms with Crippen LogP contribution in [0.2, 0.25) is 0 Å². The van der Waals surface area contributed by atoms with Gasteiger partial charge in [-0.2, -0.15) is 0 Å². The van der Waals surface area contributed by atoms with E-state index in [1.807, 2.05) is 12.1 Å². The van der Waals surface area contributed by atoms with E-state index in [0.717, 1.165) is 10.3 Å². The molecule has 0 fully saturated rings. The van der Waals surface area contributed by atoms with Crippen LogP contribution in [-0.4, -0.2) is 24.0 Å². The molecular weight excluding hydrogens is 329 g/mol. The van der Waals surface area contributed by atoms with Crippen LogP contribution < -0.4 is 15.8 Å². The minimum absolute atomic E-state index is 0.0673. The van der Waals surface area contributed by atoms with E-state index in [4.69, 9.17) is 10.5 Å². The fourth-order valence-corrected chi connectivity index (χ4v) is 3.02. The van der Waals surface area contributed by atoms with Crippen molar-refractivity contribution in [2.45, 2.75) is 6.42 Å². The monoisotopic (exact) mass is 345 g/mol. The molecule has 24 heavy (non-hydrogen) atoms. The molecule has 7 heteroatoms. The van der Waals surface area contributed by atoms with E-state index in [2.05, 4.69) is 10.3 Å². The fraction of sp³-hybridized carbons (Fsp3) is 0.176. The molecule has 3 N–H and O–H groups in total. The van der Waals surface area contributed by atoms with Crippen LogP contribution in [0.1, 0.15) is 5.56 Å². The van der Waals surface area contributed by atoms with E-state index in [1.165, 1.54) is 23.5 Å². The summed E-state index contributed by atoms with van der Waals surface area (Å²) < 4.78 is 19.6. The number of rotatable bonds is 6. The third kappa shape index (κ3) is 4.06. The van der Waals surface area contributed by atoms with E-state index in [0.29, 0.717) is 36.0 Å². The Bertz CT molecular complexity index is 849. The number of thiazole rings is 1. The lowest BCUT2D eigenvalue weighted by molar-refractivity contribution is -0.120. The molecule has 0 radical (unpaired) electrons. The number of carbonyl (C=O) groups is 1. The van der Waals surface area contributed by atoms with E-state index >= 15 is 0 Å². The number of halogens is 1. The summed E-state index contributed by atoms with van der Waals surface area (Å²) in [6, 6.07) is 11.6. The molecule has 0 atom stereocenters. The molecule has 3 rings (SSSR count). The Hall–Kier alpha value is -2.51. The van der Waals surface area contributed by atoms with Gasteiger partial charge in [-0.15, -0.1) is 0 Å². The Morgan fingerprint density at radius 2 is 2.04 bits per heavy atom. The number of nitrogens with two attached hydrogens (primary N) is 1. The van der Waals surface area contributed by atoms with Gasteiger partial charge in [-0.3, -0.25) is 4.79 Å². The van der Waals surface area contributed by atoms with Gasteiger partial charge >= 0.3 is 0 Å². The maximum absolute atomic E-state index is 13.2. The maximum atomic E-state index is 13.2. The minimum atomic E-state index is -0.296. The molecule has 3 aromatic rings. The molecule has 0 unspecified atom stereocenters. The summed E-state index contributed by atoms with van der Waals surface area (Å²) in [4.78, 5) is 15.9. The van der Waals surface area contributed by atoms with E-state index < -0.39 is 0 Å². The predicted octanol–water partition coefficient (Wildman–Crippen LogP) is 2.85. The number of carbonyl (C=O) groups excluding carboxylic acids is 1. The summed E-state index contributed by atoms with van der Waals surface area (Å²) in [5.41, 5.74) is 6.92. The van der Waals surface area contributed by atoms with Crippen LogP contribution in [0.5, 0.6) is 10.9 Å². The topological polar surface area (TPSA) is 77.2 Å². The highest BCUT2D eigenvalue weighted by Crippen LogP contribution is 2.31. The standard InChI is InChI=1S/C17H16FN3O2S/c18-12-3-6-14-15(10-12)24-17(21-14)23-13-4-1-11(2-5-13)9-16(22)20-8-7-19/h1-6,10H,7-9,19H2,(H,20,22). The summed E-state index contributed by atoms with van der Waals surface area (Å²) in [6.45, 7) is 0.892. The van der Waals surface area contributed by atoms with Crippen molar-refractivity contribution in [3.63, 3.8) is 0 Å². The molecule has 0 saturated heterocycles. The van der Waals surface area contributed by atoms with Gasteiger partial charge in [0.25, 0.3) is 5.19 Å². The zero-order valence-electron chi connectivity index (χ0n) is 12.8. The Labute approximate surface area is 142 Å². The fourth-order valence-electron chi connectivity index (χ4n) is 2.16. The van der Waals surface area contributed by atoms with Crippen molar-refractivity contribution in [3.05, 3.63) is 53.8 Å². The zero-order valence-corrected chi connectivity index (χ0v) is 13.6. The van der Waals surface area contributed by atoms with Crippen LogP contribution >= 0.6 is 11.3 Å². The quantitative estimate of drug-likeness (QED) is 0.720. The molecule has 0 aliphatic rings. The van der Waals surface area contributed by atoms with Gasteiger partial charge in [-0.05, 0) is 35.9 Å². The van der Waals surface area contributed by atoms with Gasteiger partial charge in [-0.25, -0.2) is 9.37 Å². The lowest BCUT2D eigenvalue weighted by Crippen LogP contribution is -2.30. The maximum Gasteiger partial charge on any atom is 0.279 e. The smallest absolute Gasteiger partial charge is 0.279 e. The zero-order chi connectivity index (χ0) is 16.9. The first kappa shape index (κ1) is 16.4. The molecule has 1 heterocycles. The number of hydrogen-bond donors (Lipinski definition) is 2. The lowest BCUT2D eigenvalue weighted by atomic mass is 10.1. The minimum Gasteiger partial charge on any atom is -0.431 e. The van der Waals surface area contributed by atoms with Crippen molar-refractivity contribution >= 4 is 27.5 Å². The SMILES string of the molecule is NCCNC(=O)Cc1ccc(Oc2nc3ccc(F)cc3s2)cc1. The third-order valence-corrected chi connectivity index (χ3v) is 4.19. The van der Waals surface area contributed by atoms with Crippen molar-refractivity contribution in [2.75, 3.05) is 13.1 Å². The van der Waals surface area contributed by atoms with Gasteiger partial charge in [-0.1, -0.05) is 23.5 Å². The second-order valence-electron chi connectivity index (χ2n) is 5.15. The van der Waals surface area contributed by atoms with Crippen LogP contribution in [0.25, 0.3) is 10.2 Å². The van der Waals surface area contributed by atoms with Gasteiger partial charge in [0.05, 0.1) is 16.6 Å². The van der Waals surface area contributed by atoms with Crippen LogP contribution in [0.4, 0.5) is 4.39 Å². The number of nitrogens with zero attached hydrogens (tertiary/aromatic N) is 1. The molecule has 0 bridgehead atoms.